The van der Waals surface area contributed by atoms with Crippen LogP contribution in [0, 0.1) is 0 Å². The minimum atomic E-state index is -4.27. The van der Waals surface area contributed by atoms with Crippen molar-refractivity contribution in [1.82, 2.24) is 0 Å². The largest absolute Gasteiger partial charge is 0.393 e. The van der Waals surface area contributed by atoms with Crippen molar-refractivity contribution in [3.05, 3.63) is 35.4 Å². The molecule has 0 radical (unpaired) electrons. The number of benzene rings is 1. The maximum Gasteiger partial charge on any atom is 0.393 e. The highest BCUT2D eigenvalue weighted by Gasteiger charge is 2.27. The minimum Gasteiger partial charge on any atom is -0.276 e. The molecule has 0 heterocycles. The second-order valence-electron chi connectivity index (χ2n) is 2.77. The van der Waals surface area contributed by atoms with E-state index in [2.05, 4.69) is 0 Å². The normalized spacial score (nSPS) is 11.4. The minimum absolute atomic E-state index is 0.0315. The molecule has 0 aliphatic heterocycles. The van der Waals surface area contributed by atoms with E-state index in [0.717, 1.165) is 6.07 Å². The van der Waals surface area contributed by atoms with Crippen LogP contribution in [0.4, 0.5) is 13.2 Å². The van der Waals surface area contributed by atoms with E-state index < -0.39 is 17.8 Å². The Labute approximate surface area is 83.5 Å². The number of carbonyl (C=O) groups is 1. The summed E-state index contributed by atoms with van der Waals surface area (Å²) in [4.78, 5) is 10.6. The van der Waals surface area contributed by atoms with E-state index in [1.54, 1.807) is 0 Å². The van der Waals surface area contributed by atoms with Gasteiger partial charge in [0.15, 0.2) is 0 Å². The topological polar surface area (TPSA) is 17.1 Å². The number of halogens is 4. The van der Waals surface area contributed by atoms with E-state index in [-0.39, 0.29) is 11.1 Å². The first-order valence-corrected chi connectivity index (χ1v) is 4.12. The molecule has 1 aromatic rings. The zero-order valence-electron chi connectivity index (χ0n) is 6.94. The van der Waals surface area contributed by atoms with Crippen molar-refractivity contribution in [2.45, 2.75) is 12.6 Å². The molecule has 76 valence electrons. The first-order valence-electron chi connectivity index (χ1n) is 3.74. The van der Waals surface area contributed by atoms with Gasteiger partial charge in [-0.25, -0.2) is 0 Å². The van der Waals surface area contributed by atoms with E-state index in [9.17, 15) is 18.0 Å². The molecule has 0 spiro atoms. The predicted molar refractivity (Wildman–Crippen MR) is 46.4 cm³/mol. The third kappa shape index (κ3) is 3.38. The Hall–Kier alpha value is -1.03. The number of carbonyl (C=O) groups excluding carboxylic acids is 1. The van der Waals surface area contributed by atoms with Crippen LogP contribution in [0.2, 0.25) is 0 Å². The molecule has 0 aliphatic carbocycles. The fourth-order valence-electron chi connectivity index (χ4n) is 1.04. The second kappa shape index (κ2) is 4.00. The molecule has 0 fully saturated rings. The lowest BCUT2D eigenvalue weighted by atomic mass is 10.1. The smallest absolute Gasteiger partial charge is 0.276 e. The molecule has 0 aromatic heterocycles. The molecule has 0 N–H and O–H groups in total. The lowest BCUT2D eigenvalue weighted by Gasteiger charge is -2.06. The first-order chi connectivity index (χ1) is 6.38. The molecule has 0 amide bonds. The van der Waals surface area contributed by atoms with E-state index in [4.69, 9.17) is 11.6 Å². The Morgan fingerprint density at radius 3 is 2.50 bits per heavy atom. The highest BCUT2D eigenvalue weighted by molar-refractivity contribution is 6.67. The molecule has 0 saturated carbocycles. The second-order valence-corrected chi connectivity index (χ2v) is 3.11. The molecule has 1 aromatic carbocycles. The van der Waals surface area contributed by atoms with Gasteiger partial charge >= 0.3 is 6.18 Å². The van der Waals surface area contributed by atoms with Gasteiger partial charge in [0.05, 0.1) is 6.42 Å². The van der Waals surface area contributed by atoms with Gasteiger partial charge in [0, 0.05) is 5.56 Å². The van der Waals surface area contributed by atoms with Crippen LogP contribution in [0.1, 0.15) is 15.9 Å². The maximum atomic E-state index is 12.0. The van der Waals surface area contributed by atoms with Gasteiger partial charge in [-0.2, -0.15) is 13.2 Å². The van der Waals surface area contributed by atoms with E-state index in [1.807, 2.05) is 0 Å². The molecule has 0 atom stereocenters. The maximum absolute atomic E-state index is 12.0. The Kier molecular flexibility index (Phi) is 3.16. The molecule has 1 nitrogen and oxygen atoms in total. The number of rotatable bonds is 2. The number of hydrogen-bond acceptors (Lipinski definition) is 1. The third-order valence-corrected chi connectivity index (χ3v) is 1.78. The summed E-state index contributed by atoms with van der Waals surface area (Å²) in [7, 11) is 0. The summed E-state index contributed by atoms with van der Waals surface area (Å²) in [5.74, 6) is 0. The Morgan fingerprint density at radius 2 is 2.00 bits per heavy atom. The fraction of sp³-hybridized carbons (Fsp3) is 0.222. The van der Waals surface area contributed by atoms with Gasteiger partial charge < -0.3 is 0 Å². The molecular formula is C9H6ClF3O. The number of alkyl halides is 3. The fourth-order valence-corrected chi connectivity index (χ4v) is 1.15. The van der Waals surface area contributed by atoms with Crippen molar-refractivity contribution >= 4 is 16.8 Å². The van der Waals surface area contributed by atoms with Gasteiger partial charge in [0.1, 0.15) is 0 Å². The van der Waals surface area contributed by atoms with Crippen LogP contribution in [0.25, 0.3) is 0 Å². The van der Waals surface area contributed by atoms with Gasteiger partial charge in [-0.3, -0.25) is 4.79 Å². The van der Waals surface area contributed by atoms with Crippen molar-refractivity contribution in [2.24, 2.45) is 0 Å². The van der Waals surface area contributed by atoms with E-state index in [1.165, 1.54) is 18.2 Å². The number of hydrogen-bond donors (Lipinski definition) is 0. The summed E-state index contributed by atoms with van der Waals surface area (Å²) >= 11 is 5.13. The van der Waals surface area contributed by atoms with Crippen molar-refractivity contribution < 1.29 is 18.0 Å². The molecular weight excluding hydrogens is 217 g/mol. The SMILES string of the molecule is O=C(Cl)c1cccc(CC(F)(F)F)c1. The van der Waals surface area contributed by atoms with E-state index >= 15 is 0 Å². The average Bonchev–Trinajstić information content (AvgIpc) is 2.01. The molecule has 5 heteroatoms. The summed E-state index contributed by atoms with van der Waals surface area (Å²) in [6.07, 6.45) is -5.32. The van der Waals surface area contributed by atoms with Crippen LogP contribution < -0.4 is 0 Å². The summed E-state index contributed by atoms with van der Waals surface area (Å²) in [6, 6.07) is 5.19. The zero-order chi connectivity index (χ0) is 10.8. The van der Waals surface area contributed by atoms with E-state index in [0.29, 0.717) is 0 Å². The lowest BCUT2D eigenvalue weighted by Crippen LogP contribution is -2.11. The summed E-state index contributed by atoms with van der Waals surface area (Å²) in [5, 5.41) is -0.756. The standard InChI is InChI=1S/C9H6ClF3O/c10-8(14)7-3-1-2-6(4-7)5-9(11,12)13/h1-4H,5H2. The van der Waals surface area contributed by atoms with Gasteiger partial charge in [-0.05, 0) is 23.2 Å². The zero-order valence-corrected chi connectivity index (χ0v) is 7.69. The van der Waals surface area contributed by atoms with Crippen LogP contribution in [0.15, 0.2) is 24.3 Å². The van der Waals surface area contributed by atoms with Gasteiger partial charge in [-0.15, -0.1) is 0 Å². The van der Waals surface area contributed by atoms with Gasteiger partial charge in [0.25, 0.3) is 5.24 Å². The first kappa shape index (κ1) is 11.0. The predicted octanol–water partition coefficient (Wildman–Crippen LogP) is 3.17. The molecule has 0 bridgehead atoms. The molecule has 1 rings (SSSR count). The summed E-state index contributed by atoms with van der Waals surface area (Å²) in [6.45, 7) is 0. The highest BCUT2D eigenvalue weighted by Crippen LogP contribution is 2.21. The summed E-state index contributed by atoms with van der Waals surface area (Å²) < 4.78 is 35.9. The average molecular weight is 223 g/mol. The molecule has 0 unspecified atom stereocenters. The van der Waals surface area contributed by atoms with Crippen molar-refractivity contribution in [1.29, 1.82) is 0 Å². The van der Waals surface area contributed by atoms with Crippen molar-refractivity contribution in [2.75, 3.05) is 0 Å². The lowest BCUT2D eigenvalue weighted by molar-refractivity contribution is -0.127. The third-order valence-electron chi connectivity index (χ3n) is 1.56. The van der Waals surface area contributed by atoms with Crippen LogP contribution in [-0.4, -0.2) is 11.4 Å². The van der Waals surface area contributed by atoms with Crippen molar-refractivity contribution in [3.8, 4) is 0 Å². The molecule has 14 heavy (non-hydrogen) atoms. The van der Waals surface area contributed by atoms with Crippen LogP contribution in [-0.2, 0) is 6.42 Å². The van der Waals surface area contributed by atoms with Crippen molar-refractivity contribution in [3.63, 3.8) is 0 Å². The highest BCUT2D eigenvalue weighted by atomic mass is 35.5. The molecule has 0 saturated heterocycles. The van der Waals surface area contributed by atoms with Crippen LogP contribution in [0.5, 0.6) is 0 Å². The van der Waals surface area contributed by atoms with Crippen LogP contribution in [0.3, 0.4) is 0 Å². The Balaban J connectivity index is 2.89. The Morgan fingerprint density at radius 1 is 1.36 bits per heavy atom. The molecule has 0 aliphatic rings. The van der Waals surface area contributed by atoms with Gasteiger partial charge in [0.2, 0.25) is 0 Å². The summed E-state index contributed by atoms with van der Waals surface area (Å²) in [5.41, 5.74) is 0.109. The van der Waals surface area contributed by atoms with Gasteiger partial charge in [-0.1, -0.05) is 18.2 Å². The quantitative estimate of drug-likeness (QED) is 0.703. The Bertz CT molecular complexity index is 346. The van der Waals surface area contributed by atoms with Crippen LogP contribution >= 0.6 is 11.6 Å². The monoisotopic (exact) mass is 222 g/mol.